The van der Waals surface area contributed by atoms with Crippen LogP contribution >= 0.6 is 11.6 Å². The van der Waals surface area contributed by atoms with Crippen LogP contribution in [0.15, 0.2) is 18.2 Å². The third kappa shape index (κ3) is 3.30. The molecule has 0 aliphatic rings. The Morgan fingerprint density at radius 2 is 2.17 bits per heavy atom. The van der Waals surface area contributed by atoms with Gasteiger partial charge >= 0.3 is 5.97 Å². The van der Waals surface area contributed by atoms with Crippen molar-refractivity contribution in [3.63, 3.8) is 0 Å². The minimum Gasteiger partial charge on any atom is -0.463 e. The molecule has 0 heterocycles. The lowest BCUT2D eigenvalue weighted by Gasteiger charge is -2.05. The number of carbonyl (C=O) groups excluding carboxylic acids is 2. The maximum atomic E-state index is 13.7. The van der Waals surface area contributed by atoms with Gasteiger partial charge in [-0.15, -0.1) is 0 Å². The van der Waals surface area contributed by atoms with E-state index in [9.17, 15) is 14.0 Å². The fourth-order valence-corrected chi connectivity index (χ4v) is 1.45. The first-order valence-corrected chi connectivity index (χ1v) is 5.47. The zero-order chi connectivity index (χ0) is 13.7. The number of amides is 1. The Kier molecular flexibility index (Phi) is 4.85. The molecule has 0 aliphatic carbocycles. The number of benzene rings is 1. The van der Waals surface area contributed by atoms with Crippen LogP contribution in [0.1, 0.15) is 22.8 Å². The minimum atomic E-state index is -0.812. The molecule has 18 heavy (non-hydrogen) atoms. The lowest BCUT2D eigenvalue weighted by atomic mass is 10.1. The number of carbonyl (C=O) groups is 2. The van der Waals surface area contributed by atoms with Gasteiger partial charge in [0.25, 0.3) is 0 Å². The van der Waals surface area contributed by atoms with Gasteiger partial charge in [0.2, 0.25) is 5.91 Å². The molecule has 0 bridgehead atoms. The monoisotopic (exact) mass is 271 g/mol. The second kappa shape index (κ2) is 6.16. The van der Waals surface area contributed by atoms with Gasteiger partial charge in [-0.2, -0.15) is 0 Å². The summed E-state index contributed by atoms with van der Waals surface area (Å²) in [5.41, 5.74) is 4.91. The van der Waals surface area contributed by atoms with E-state index >= 15 is 0 Å². The highest BCUT2D eigenvalue weighted by atomic mass is 35.5. The molecular weight excluding hydrogens is 261 g/mol. The van der Waals surface area contributed by atoms with Gasteiger partial charge < -0.3 is 10.5 Å². The van der Waals surface area contributed by atoms with Crippen molar-refractivity contribution in [3.8, 4) is 0 Å². The Morgan fingerprint density at radius 1 is 1.50 bits per heavy atom. The molecule has 2 N–H and O–H groups in total. The van der Waals surface area contributed by atoms with Crippen LogP contribution in [0.4, 0.5) is 4.39 Å². The summed E-state index contributed by atoms with van der Waals surface area (Å²) in [6.45, 7) is 1.84. The number of halogens is 2. The molecule has 6 heteroatoms. The third-order valence-corrected chi connectivity index (χ3v) is 2.36. The molecule has 96 valence electrons. The molecule has 0 fully saturated rings. The second-order valence-corrected chi connectivity index (χ2v) is 3.68. The van der Waals surface area contributed by atoms with Gasteiger partial charge in [-0.25, -0.2) is 9.18 Å². The van der Waals surface area contributed by atoms with Gasteiger partial charge in [-0.05, 0) is 25.1 Å². The molecule has 0 saturated carbocycles. The molecule has 0 unspecified atom stereocenters. The van der Waals surface area contributed by atoms with Crippen molar-refractivity contribution in [3.05, 3.63) is 40.2 Å². The van der Waals surface area contributed by atoms with Crippen LogP contribution in [0.25, 0.3) is 6.08 Å². The molecule has 1 rings (SSSR count). The van der Waals surface area contributed by atoms with E-state index in [1.165, 1.54) is 12.1 Å². The summed E-state index contributed by atoms with van der Waals surface area (Å²) in [4.78, 5) is 22.2. The van der Waals surface area contributed by atoms with Crippen molar-refractivity contribution in [2.24, 2.45) is 5.73 Å². The van der Waals surface area contributed by atoms with E-state index in [4.69, 9.17) is 17.3 Å². The summed E-state index contributed by atoms with van der Waals surface area (Å²) in [6, 6.07) is 2.51. The second-order valence-electron chi connectivity index (χ2n) is 3.27. The number of nitrogens with two attached hydrogens (primary N) is 1. The molecule has 0 radical (unpaired) electrons. The van der Waals surface area contributed by atoms with Crippen LogP contribution in [-0.4, -0.2) is 18.5 Å². The van der Waals surface area contributed by atoms with Gasteiger partial charge in [-0.3, -0.25) is 4.79 Å². The molecule has 4 nitrogen and oxygen atoms in total. The molecule has 0 atom stereocenters. The van der Waals surface area contributed by atoms with Gasteiger partial charge in [0.1, 0.15) is 5.82 Å². The van der Waals surface area contributed by atoms with Crippen LogP contribution < -0.4 is 5.73 Å². The van der Waals surface area contributed by atoms with Crippen LogP contribution in [0.2, 0.25) is 5.02 Å². The lowest BCUT2D eigenvalue weighted by Crippen LogP contribution is -2.13. The van der Waals surface area contributed by atoms with E-state index in [0.29, 0.717) is 0 Å². The van der Waals surface area contributed by atoms with Crippen LogP contribution in [0.5, 0.6) is 0 Å². The zero-order valence-electron chi connectivity index (χ0n) is 9.57. The van der Waals surface area contributed by atoms with E-state index in [1.54, 1.807) is 6.92 Å². The molecule has 0 saturated heterocycles. The van der Waals surface area contributed by atoms with E-state index < -0.39 is 17.7 Å². The van der Waals surface area contributed by atoms with Gasteiger partial charge in [0, 0.05) is 17.2 Å². The van der Waals surface area contributed by atoms with E-state index in [0.717, 1.165) is 12.2 Å². The Balaban J connectivity index is 3.17. The Hall–Kier alpha value is -1.88. The molecule has 1 aromatic rings. The number of ether oxygens (including phenoxy) is 1. The topological polar surface area (TPSA) is 69.4 Å². The summed E-state index contributed by atoms with van der Waals surface area (Å²) in [5, 5.41) is -0.163. The normalized spacial score (nSPS) is 10.6. The zero-order valence-corrected chi connectivity index (χ0v) is 10.3. The molecule has 1 aromatic carbocycles. The van der Waals surface area contributed by atoms with E-state index in [1.807, 2.05) is 0 Å². The summed E-state index contributed by atoms with van der Waals surface area (Å²) < 4.78 is 18.4. The summed E-state index contributed by atoms with van der Waals surface area (Å²) in [5.74, 6) is -2.27. The number of primary amides is 1. The predicted molar refractivity (Wildman–Crippen MR) is 65.6 cm³/mol. The van der Waals surface area contributed by atoms with E-state index in [-0.39, 0.29) is 22.8 Å². The average Bonchev–Trinajstić information content (AvgIpc) is 2.31. The Labute approximate surface area is 108 Å². The number of hydrogen-bond donors (Lipinski definition) is 1. The highest BCUT2D eigenvalue weighted by Gasteiger charge is 2.14. The number of rotatable bonds is 4. The minimum absolute atomic E-state index is 0.0579. The molecule has 1 amide bonds. The summed E-state index contributed by atoms with van der Waals surface area (Å²) in [6.07, 6.45) is 2.12. The Morgan fingerprint density at radius 3 is 2.72 bits per heavy atom. The van der Waals surface area contributed by atoms with Crippen molar-refractivity contribution >= 4 is 29.6 Å². The van der Waals surface area contributed by atoms with Crippen molar-refractivity contribution in [2.75, 3.05) is 6.61 Å². The Bertz CT molecular complexity index is 514. The van der Waals surface area contributed by atoms with Crippen LogP contribution in [-0.2, 0) is 9.53 Å². The molecular formula is C12H11ClFNO3. The first-order valence-electron chi connectivity index (χ1n) is 5.10. The predicted octanol–water partition coefficient (Wildman–Crippen LogP) is 2.15. The van der Waals surface area contributed by atoms with Gasteiger partial charge in [0.15, 0.2) is 0 Å². The fourth-order valence-electron chi connectivity index (χ4n) is 1.29. The van der Waals surface area contributed by atoms with Gasteiger partial charge in [0.05, 0.1) is 11.6 Å². The first kappa shape index (κ1) is 14.2. The smallest absolute Gasteiger partial charge is 0.330 e. The highest BCUT2D eigenvalue weighted by molar-refractivity contribution is 6.31. The lowest BCUT2D eigenvalue weighted by molar-refractivity contribution is -0.137. The van der Waals surface area contributed by atoms with Crippen LogP contribution in [0, 0.1) is 5.82 Å². The quantitative estimate of drug-likeness (QED) is 0.674. The van der Waals surface area contributed by atoms with Crippen molar-refractivity contribution in [2.45, 2.75) is 6.92 Å². The van der Waals surface area contributed by atoms with Crippen LogP contribution in [0.3, 0.4) is 0 Å². The van der Waals surface area contributed by atoms with Crippen molar-refractivity contribution in [1.82, 2.24) is 0 Å². The van der Waals surface area contributed by atoms with Crippen molar-refractivity contribution in [1.29, 1.82) is 0 Å². The average molecular weight is 272 g/mol. The SMILES string of the molecule is CCOC(=O)/C=C/c1c(C(N)=O)ccc(Cl)c1F. The maximum absolute atomic E-state index is 13.7. The standard InChI is InChI=1S/C12H11ClFNO3/c1-2-18-10(16)6-4-7-8(12(15)17)3-5-9(13)11(7)14/h3-6H,2H2,1H3,(H2,15,17)/b6-4+. The van der Waals surface area contributed by atoms with Crippen molar-refractivity contribution < 1.29 is 18.7 Å². The number of hydrogen-bond acceptors (Lipinski definition) is 3. The molecule has 0 spiro atoms. The third-order valence-electron chi connectivity index (χ3n) is 2.07. The summed E-state index contributed by atoms with van der Waals surface area (Å²) in [7, 11) is 0. The van der Waals surface area contributed by atoms with Gasteiger partial charge in [-0.1, -0.05) is 11.6 Å². The summed E-state index contributed by atoms with van der Waals surface area (Å²) >= 11 is 5.59. The molecule has 0 aromatic heterocycles. The molecule has 0 aliphatic heterocycles. The van der Waals surface area contributed by atoms with E-state index in [2.05, 4.69) is 4.74 Å². The fraction of sp³-hybridized carbons (Fsp3) is 0.167. The largest absolute Gasteiger partial charge is 0.463 e. The first-order chi connectivity index (χ1) is 8.47. The maximum Gasteiger partial charge on any atom is 0.330 e. The number of esters is 1. The highest BCUT2D eigenvalue weighted by Crippen LogP contribution is 2.23.